The van der Waals surface area contributed by atoms with Crippen molar-refractivity contribution in [3.8, 4) is 0 Å². The third-order valence-corrected chi connectivity index (χ3v) is 5.17. The number of hydrogen-bond donors (Lipinski definition) is 1. The third kappa shape index (κ3) is 3.62. The fourth-order valence-electron chi connectivity index (χ4n) is 3.69. The lowest BCUT2D eigenvalue weighted by atomic mass is 10.1. The largest absolute Gasteiger partial charge is 0.616 e. The number of pyridine rings is 1. The van der Waals surface area contributed by atoms with Crippen LogP contribution in [0.2, 0.25) is 0 Å². The van der Waals surface area contributed by atoms with Crippen molar-refractivity contribution in [1.82, 2.24) is 15.0 Å². The molecule has 1 aliphatic rings. The minimum atomic E-state index is -1.52. The first kappa shape index (κ1) is 19.9. The number of rotatable bonds is 7. The molecule has 3 amide bonds. The molecular weight excluding hydrogens is 382 g/mol. The van der Waals surface area contributed by atoms with E-state index in [1.54, 1.807) is 19.3 Å². The van der Waals surface area contributed by atoms with Crippen molar-refractivity contribution in [2.45, 2.75) is 26.2 Å². The highest BCUT2D eigenvalue weighted by molar-refractivity contribution is 6.08. The van der Waals surface area contributed by atoms with Gasteiger partial charge in [0.1, 0.15) is 5.82 Å². The van der Waals surface area contributed by atoms with Crippen LogP contribution in [0.5, 0.6) is 0 Å². The van der Waals surface area contributed by atoms with Crippen LogP contribution in [0.15, 0.2) is 54.9 Å². The summed E-state index contributed by atoms with van der Waals surface area (Å²) in [5.74, 6) is -0.0259. The summed E-state index contributed by atoms with van der Waals surface area (Å²) in [7, 11) is 0. The Morgan fingerprint density at radius 2 is 1.87 bits per heavy atom. The monoisotopic (exact) mass is 405 g/mol. The molecule has 1 atom stereocenters. The third-order valence-electron chi connectivity index (χ3n) is 5.17. The summed E-state index contributed by atoms with van der Waals surface area (Å²) >= 11 is 0. The van der Waals surface area contributed by atoms with Gasteiger partial charge in [-0.2, -0.15) is 0 Å². The zero-order valence-electron chi connectivity index (χ0n) is 16.7. The van der Waals surface area contributed by atoms with E-state index in [2.05, 4.69) is 15.0 Å². The Hall–Kier alpha value is -3.36. The summed E-state index contributed by atoms with van der Waals surface area (Å²) in [6, 6.07) is 12.6. The predicted octanol–water partition coefficient (Wildman–Crippen LogP) is 3.44. The Kier molecular flexibility index (Phi) is 5.43. The van der Waals surface area contributed by atoms with E-state index in [9.17, 15) is 14.8 Å². The number of benzene rings is 1. The number of amides is 3. The quantitative estimate of drug-likeness (QED) is 0.479. The Morgan fingerprint density at radius 3 is 2.57 bits per heavy atom. The summed E-state index contributed by atoms with van der Waals surface area (Å²) < 4.78 is -1.52. The minimum absolute atomic E-state index is 0.101. The van der Waals surface area contributed by atoms with Crippen LogP contribution >= 0.6 is 0 Å². The average molecular weight is 405 g/mol. The van der Waals surface area contributed by atoms with Gasteiger partial charge < -0.3 is 10.2 Å². The van der Waals surface area contributed by atoms with E-state index in [0.717, 1.165) is 11.1 Å². The molecule has 154 valence electrons. The van der Waals surface area contributed by atoms with Crippen LogP contribution in [0.1, 0.15) is 40.8 Å². The van der Waals surface area contributed by atoms with E-state index in [4.69, 9.17) is 0 Å². The lowest BCUT2D eigenvalue weighted by Gasteiger charge is -2.42. The molecule has 4 rings (SSSR count). The van der Waals surface area contributed by atoms with Crippen molar-refractivity contribution >= 4 is 17.8 Å². The molecule has 8 nitrogen and oxygen atoms in total. The first-order valence-electron chi connectivity index (χ1n) is 10.0. The van der Waals surface area contributed by atoms with Crippen LogP contribution in [0.4, 0.5) is 10.6 Å². The maximum Gasteiger partial charge on any atom is 0.432 e. The normalized spacial score (nSPS) is 18.5. The smallest absolute Gasteiger partial charge is 0.432 e. The van der Waals surface area contributed by atoms with Crippen LogP contribution in [0.3, 0.4) is 0 Å². The standard InChI is InChI=1S/C22H23N5O3/c1-2-13-27(30)21(28)19-20(25-18(24-19)14-17-9-6-11-23-15-17)26(22(27)29)12-10-16-7-4-3-5-8-16/h3-9,11,15H,2,10,12-14H2,1H3,(H,24,25). The second-order valence-electron chi connectivity index (χ2n) is 7.36. The summed E-state index contributed by atoms with van der Waals surface area (Å²) in [6.07, 6.45) is 4.78. The average Bonchev–Trinajstić information content (AvgIpc) is 3.17. The highest BCUT2D eigenvalue weighted by Crippen LogP contribution is 2.32. The molecule has 3 heterocycles. The van der Waals surface area contributed by atoms with Gasteiger partial charge >= 0.3 is 11.9 Å². The number of nitrogens with zero attached hydrogens (tertiary/aromatic N) is 4. The molecule has 8 heteroatoms. The summed E-state index contributed by atoms with van der Waals surface area (Å²) in [5.41, 5.74) is 2.05. The minimum Gasteiger partial charge on any atom is -0.616 e. The number of urea groups is 1. The maximum absolute atomic E-state index is 13.3. The molecule has 0 aliphatic carbocycles. The number of aromatic amines is 1. The van der Waals surface area contributed by atoms with Crippen LogP contribution in [-0.4, -0.2) is 44.6 Å². The van der Waals surface area contributed by atoms with Gasteiger partial charge in [-0.15, -0.1) is 0 Å². The lowest BCUT2D eigenvalue weighted by molar-refractivity contribution is -0.712. The molecule has 0 fully saturated rings. The lowest BCUT2D eigenvalue weighted by Crippen LogP contribution is -2.62. The van der Waals surface area contributed by atoms with Crippen molar-refractivity contribution in [3.05, 3.63) is 82.7 Å². The van der Waals surface area contributed by atoms with Gasteiger partial charge in [-0.3, -0.25) is 4.98 Å². The second kappa shape index (κ2) is 8.17. The molecule has 1 N–H and O–H groups in total. The summed E-state index contributed by atoms with van der Waals surface area (Å²) in [4.78, 5) is 39.0. The van der Waals surface area contributed by atoms with Crippen LogP contribution in [0, 0.1) is 5.21 Å². The number of hydroxylamine groups is 3. The van der Waals surface area contributed by atoms with Crippen LogP contribution in [-0.2, 0) is 12.8 Å². The SMILES string of the molecule is CCC[N+]1([O-])C(=O)c2[nH]c(Cc3cccnc3)nc2N(CCc2ccccc2)C1=O. The number of imide groups is 1. The van der Waals surface area contributed by atoms with Crippen LogP contribution in [0.25, 0.3) is 0 Å². The van der Waals surface area contributed by atoms with Gasteiger partial charge in [-0.05, 0) is 30.0 Å². The van der Waals surface area contributed by atoms with Crippen molar-refractivity contribution in [1.29, 1.82) is 0 Å². The molecule has 1 unspecified atom stereocenters. The number of carbonyl (C=O) groups is 2. The topological polar surface area (TPSA) is 102 Å². The van der Waals surface area contributed by atoms with Gasteiger partial charge in [0.25, 0.3) is 0 Å². The van der Waals surface area contributed by atoms with E-state index in [1.807, 2.05) is 42.5 Å². The summed E-state index contributed by atoms with van der Waals surface area (Å²) in [6.45, 7) is 1.95. The molecule has 0 bridgehead atoms. The van der Waals surface area contributed by atoms with Gasteiger partial charge in [-0.1, -0.05) is 43.3 Å². The fourth-order valence-corrected chi connectivity index (χ4v) is 3.69. The second-order valence-corrected chi connectivity index (χ2v) is 7.36. The zero-order chi connectivity index (χ0) is 21.1. The molecule has 2 aromatic heterocycles. The zero-order valence-corrected chi connectivity index (χ0v) is 16.7. The van der Waals surface area contributed by atoms with E-state index >= 15 is 0 Å². The van der Waals surface area contributed by atoms with E-state index in [1.165, 1.54) is 4.90 Å². The molecule has 0 saturated heterocycles. The number of H-pyrrole nitrogens is 1. The predicted molar refractivity (Wildman–Crippen MR) is 112 cm³/mol. The van der Waals surface area contributed by atoms with E-state index < -0.39 is 16.6 Å². The summed E-state index contributed by atoms with van der Waals surface area (Å²) in [5, 5.41) is 13.3. The van der Waals surface area contributed by atoms with Crippen LogP contribution < -0.4 is 4.90 Å². The maximum atomic E-state index is 13.3. The highest BCUT2D eigenvalue weighted by Gasteiger charge is 2.49. The Morgan fingerprint density at radius 1 is 1.10 bits per heavy atom. The number of fused-ring (bicyclic) bond motifs is 1. The molecule has 0 spiro atoms. The Bertz CT molecular complexity index is 1050. The van der Waals surface area contributed by atoms with E-state index in [-0.39, 0.29) is 24.6 Å². The first-order valence-corrected chi connectivity index (χ1v) is 10.0. The number of aromatic nitrogens is 3. The van der Waals surface area contributed by atoms with Crippen molar-refractivity contribution in [2.75, 3.05) is 18.0 Å². The van der Waals surface area contributed by atoms with Gasteiger partial charge in [0.2, 0.25) is 0 Å². The molecule has 0 saturated carbocycles. The molecule has 1 aliphatic heterocycles. The van der Waals surface area contributed by atoms with Gasteiger partial charge in [0, 0.05) is 25.4 Å². The van der Waals surface area contributed by atoms with Crippen molar-refractivity contribution in [2.24, 2.45) is 0 Å². The Balaban J connectivity index is 1.69. The highest BCUT2D eigenvalue weighted by atomic mass is 16.6. The number of nitrogens with one attached hydrogen (secondary N) is 1. The number of quaternary nitrogens is 1. The number of imidazole rings is 1. The van der Waals surface area contributed by atoms with Crippen molar-refractivity contribution < 1.29 is 14.2 Å². The molecule has 0 radical (unpaired) electrons. The molecule has 1 aromatic carbocycles. The molecule has 3 aromatic rings. The molecule has 30 heavy (non-hydrogen) atoms. The van der Waals surface area contributed by atoms with Gasteiger partial charge in [-0.25, -0.2) is 24.1 Å². The molecular formula is C22H23N5O3. The van der Waals surface area contributed by atoms with E-state index in [0.29, 0.717) is 25.1 Å². The van der Waals surface area contributed by atoms with Crippen molar-refractivity contribution in [3.63, 3.8) is 0 Å². The Labute approximate surface area is 174 Å². The number of hydrogen-bond acceptors (Lipinski definition) is 5. The first-order chi connectivity index (χ1) is 14.5. The van der Waals surface area contributed by atoms with Gasteiger partial charge in [0.05, 0.1) is 6.54 Å². The van der Waals surface area contributed by atoms with Gasteiger partial charge in [0.15, 0.2) is 11.5 Å². The number of carbonyl (C=O) groups excluding carboxylic acids is 2. The number of anilines is 1. The fraction of sp³-hybridized carbons (Fsp3) is 0.273.